The van der Waals surface area contributed by atoms with E-state index in [4.69, 9.17) is 4.74 Å². The normalized spacial score (nSPS) is 13.8. The van der Waals surface area contributed by atoms with Crippen molar-refractivity contribution in [1.82, 2.24) is 14.6 Å². The van der Waals surface area contributed by atoms with Gasteiger partial charge in [0.2, 0.25) is 10.0 Å². The minimum absolute atomic E-state index is 0.211. The molecule has 1 aromatic heterocycles. The summed E-state index contributed by atoms with van der Waals surface area (Å²) in [6.07, 6.45) is 2.32. The number of aryl methyl sites for hydroxylation is 1. The number of sulfonamides is 1. The van der Waals surface area contributed by atoms with Crippen LogP contribution in [0.5, 0.6) is 0 Å². The first kappa shape index (κ1) is 18.2. The summed E-state index contributed by atoms with van der Waals surface area (Å²) in [4.78, 5) is 0.292. The van der Waals surface area contributed by atoms with Gasteiger partial charge in [-0.15, -0.1) is 0 Å². The highest BCUT2D eigenvalue weighted by atomic mass is 32.2. The minimum atomic E-state index is -3.51. The van der Waals surface area contributed by atoms with Crippen LogP contribution in [0.4, 0.5) is 0 Å². The summed E-state index contributed by atoms with van der Waals surface area (Å²) >= 11 is 0. The summed E-state index contributed by atoms with van der Waals surface area (Å²) in [5.74, 6) is 0. The first-order chi connectivity index (χ1) is 9.80. The molecule has 6 nitrogen and oxygen atoms in total. The molecule has 0 bridgehead atoms. The molecular weight excluding hydrogens is 290 g/mol. The molecule has 7 heteroatoms. The largest absolute Gasteiger partial charge is 0.383 e. The number of nitrogens with one attached hydrogen (secondary N) is 2. The van der Waals surface area contributed by atoms with Gasteiger partial charge in [-0.2, -0.15) is 0 Å². The Morgan fingerprint density at radius 3 is 2.57 bits per heavy atom. The van der Waals surface area contributed by atoms with Crippen LogP contribution in [-0.2, 0) is 28.4 Å². The zero-order valence-corrected chi connectivity index (χ0v) is 14.3. The Bertz CT molecular complexity index is 538. The molecule has 1 unspecified atom stereocenters. The fourth-order valence-electron chi connectivity index (χ4n) is 1.93. The van der Waals surface area contributed by atoms with Crippen molar-refractivity contribution in [2.24, 2.45) is 7.05 Å². The highest BCUT2D eigenvalue weighted by molar-refractivity contribution is 7.89. The number of hydrogen-bond donors (Lipinski definition) is 2. The number of nitrogens with zero attached hydrogens (tertiary/aromatic N) is 1. The zero-order valence-electron chi connectivity index (χ0n) is 13.5. The van der Waals surface area contributed by atoms with Crippen molar-refractivity contribution in [3.63, 3.8) is 0 Å². The molecule has 0 aliphatic carbocycles. The van der Waals surface area contributed by atoms with E-state index in [-0.39, 0.29) is 6.04 Å². The quantitative estimate of drug-likeness (QED) is 0.718. The van der Waals surface area contributed by atoms with E-state index in [0.29, 0.717) is 30.5 Å². The van der Waals surface area contributed by atoms with Gasteiger partial charge in [-0.05, 0) is 12.5 Å². The van der Waals surface area contributed by atoms with Gasteiger partial charge < -0.3 is 14.6 Å². The second kappa shape index (κ2) is 7.93. The van der Waals surface area contributed by atoms with E-state index < -0.39 is 10.0 Å². The van der Waals surface area contributed by atoms with Crippen molar-refractivity contribution in [3.8, 4) is 0 Å². The molecule has 0 radical (unpaired) electrons. The number of rotatable bonds is 9. The van der Waals surface area contributed by atoms with Gasteiger partial charge in [0, 0.05) is 44.7 Å². The highest BCUT2D eigenvalue weighted by Gasteiger charge is 2.21. The number of aromatic nitrogens is 1. The first-order valence-corrected chi connectivity index (χ1v) is 8.68. The van der Waals surface area contributed by atoms with Crippen molar-refractivity contribution >= 4 is 10.0 Å². The molecule has 122 valence electrons. The molecule has 21 heavy (non-hydrogen) atoms. The molecule has 1 atom stereocenters. The van der Waals surface area contributed by atoms with Gasteiger partial charge in [0.05, 0.1) is 11.5 Å². The second-order valence-electron chi connectivity index (χ2n) is 5.50. The zero-order chi connectivity index (χ0) is 16.0. The Morgan fingerprint density at radius 2 is 2.05 bits per heavy atom. The fourth-order valence-corrected chi connectivity index (χ4v) is 3.33. The van der Waals surface area contributed by atoms with E-state index in [1.165, 1.54) is 0 Å². The van der Waals surface area contributed by atoms with E-state index >= 15 is 0 Å². The molecule has 0 spiro atoms. The average Bonchev–Trinajstić information content (AvgIpc) is 2.78. The van der Waals surface area contributed by atoms with E-state index in [1.54, 1.807) is 19.4 Å². The third-order valence-electron chi connectivity index (χ3n) is 3.27. The molecule has 1 rings (SSSR count). The Morgan fingerprint density at radius 1 is 1.38 bits per heavy atom. The summed E-state index contributed by atoms with van der Waals surface area (Å²) in [5.41, 5.74) is 0.934. The molecule has 0 fully saturated rings. The Labute approximate surface area is 127 Å². The molecule has 2 N–H and O–H groups in total. The SMILES string of the molecule is CCC(COC)NS(=O)(=O)c1cc(CNC(C)C)n(C)c1. The molecule has 1 heterocycles. The second-order valence-corrected chi connectivity index (χ2v) is 7.21. The van der Waals surface area contributed by atoms with Gasteiger partial charge >= 0.3 is 0 Å². The van der Waals surface area contributed by atoms with Gasteiger partial charge in [-0.1, -0.05) is 20.8 Å². The fraction of sp³-hybridized carbons (Fsp3) is 0.714. The van der Waals surface area contributed by atoms with Crippen LogP contribution < -0.4 is 10.0 Å². The summed E-state index contributed by atoms with van der Waals surface area (Å²) in [5, 5.41) is 3.28. The maximum absolute atomic E-state index is 12.4. The van der Waals surface area contributed by atoms with Gasteiger partial charge in [0.15, 0.2) is 0 Å². The van der Waals surface area contributed by atoms with Crippen molar-refractivity contribution in [2.75, 3.05) is 13.7 Å². The number of methoxy groups -OCH3 is 1. The van der Waals surface area contributed by atoms with Gasteiger partial charge in [-0.25, -0.2) is 13.1 Å². The molecule has 1 aromatic rings. The molecule has 0 aromatic carbocycles. The Hall–Kier alpha value is -0.890. The predicted molar refractivity (Wildman–Crippen MR) is 83.7 cm³/mol. The van der Waals surface area contributed by atoms with Crippen LogP contribution in [0.2, 0.25) is 0 Å². The van der Waals surface area contributed by atoms with Gasteiger partial charge in [0.1, 0.15) is 0 Å². The maximum Gasteiger partial charge on any atom is 0.242 e. The molecule has 0 aliphatic rings. The van der Waals surface area contributed by atoms with Crippen LogP contribution in [0.25, 0.3) is 0 Å². The van der Waals surface area contributed by atoms with Crippen molar-refractivity contribution < 1.29 is 13.2 Å². The number of ether oxygens (including phenoxy) is 1. The van der Waals surface area contributed by atoms with E-state index in [9.17, 15) is 8.42 Å². The lowest BCUT2D eigenvalue weighted by molar-refractivity contribution is 0.173. The molecule has 0 saturated heterocycles. The van der Waals surface area contributed by atoms with Crippen molar-refractivity contribution in [1.29, 1.82) is 0 Å². The first-order valence-electron chi connectivity index (χ1n) is 7.20. The molecule has 0 aliphatic heterocycles. The summed E-state index contributed by atoms with van der Waals surface area (Å²) in [6.45, 7) is 7.04. The third-order valence-corrected chi connectivity index (χ3v) is 4.75. The topological polar surface area (TPSA) is 72.4 Å². The lowest BCUT2D eigenvalue weighted by Crippen LogP contribution is -2.37. The highest BCUT2D eigenvalue weighted by Crippen LogP contribution is 2.14. The summed E-state index contributed by atoms with van der Waals surface area (Å²) in [6, 6.07) is 1.85. The third kappa shape index (κ3) is 5.43. The van der Waals surface area contributed by atoms with Crippen LogP contribution in [0.1, 0.15) is 32.9 Å². The monoisotopic (exact) mass is 317 g/mol. The smallest absolute Gasteiger partial charge is 0.242 e. The molecular formula is C14H27N3O3S. The lowest BCUT2D eigenvalue weighted by Gasteiger charge is -2.15. The minimum Gasteiger partial charge on any atom is -0.383 e. The van der Waals surface area contributed by atoms with Crippen LogP contribution in [0.3, 0.4) is 0 Å². The van der Waals surface area contributed by atoms with Gasteiger partial charge in [0.25, 0.3) is 0 Å². The van der Waals surface area contributed by atoms with Crippen LogP contribution >= 0.6 is 0 Å². The summed E-state index contributed by atoms with van der Waals surface area (Å²) < 4.78 is 34.3. The van der Waals surface area contributed by atoms with Crippen LogP contribution in [0, 0.1) is 0 Å². The van der Waals surface area contributed by atoms with Crippen molar-refractivity contribution in [3.05, 3.63) is 18.0 Å². The molecule has 0 amide bonds. The van der Waals surface area contributed by atoms with Crippen LogP contribution in [0.15, 0.2) is 17.2 Å². The number of hydrogen-bond acceptors (Lipinski definition) is 4. The average molecular weight is 317 g/mol. The standard InChI is InChI=1S/C14H27N3O3S/c1-6-12(10-20-5)16-21(18,19)14-7-13(17(4)9-14)8-15-11(2)3/h7,9,11-12,15-16H,6,8,10H2,1-5H3. The molecule has 0 saturated carbocycles. The predicted octanol–water partition coefficient (Wildman–Crippen LogP) is 1.23. The maximum atomic E-state index is 12.4. The van der Waals surface area contributed by atoms with E-state index in [1.807, 2.05) is 18.5 Å². The van der Waals surface area contributed by atoms with Crippen molar-refractivity contribution in [2.45, 2.75) is 50.7 Å². The van der Waals surface area contributed by atoms with Crippen LogP contribution in [-0.4, -0.2) is 38.8 Å². The Kier molecular flexibility index (Phi) is 6.86. The Balaban J connectivity index is 2.86. The van der Waals surface area contributed by atoms with E-state index in [0.717, 1.165) is 5.69 Å². The van der Waals surface area contributed by atoms with E-state index in [2.05, 4.69) is 23.9 Å². The van der Waals surface area contributed by atoms with Gasteiger partial charge in [-0.3, -0.25) is 0 Å². The summed E-state index contributed by atoms with van der Waals surface area (Å²) in [7, 11) is -0.0980. The lowest BCUT2D eigenvalue weighted by atomic mass is 10.3.